The molecule has 56 heavy (non-hydrogen) atoms. The molecule has 0 amide bonds. The quantitative estimate of drug-likeness (QED) is 0.204. The van der Waals surface area contributed by atoms with Crippen LogP contribution in [0.1, 0.15) is 240 Å². The van der Waals surface area contributed by atoms with E-state index in [1.165, 1.54) is 186 Å². The topological polar surface area (TPSA) is 6.48 Å². The lowest BCUT2D eigenvalue weighted by molar-refractivity contribution is -0.000344. The van der Waals surface area contributed by atoms with Gasteiger partial charge in [0, 0.05) is 36.3 Å². The molecule has 8 rings (SSSR count). The fourth-order valence-corrected chi connectivity index (χ4v) is 15.6. The minimum absolute atomic E-state index is 0.874. The maximum Gasteiger partial charge on any atom is 0.0102 e. The van der Waals surface area contributed by atoms with Crippen molar-refractivity contribution in [3.05, 3.63) is 11.6 Å². The van der Waals surface area contributed by atoms with Crippen LogP contribution in [0.5, 0.6) is 0 Å². The molecular weight excluding hydrogens is 677 g/mol. The Bertz CT molecular complexity index is 1100. The SMILES string of the molecule is CC1CCC(N(C2CCC(C)CC2)C2CCC(/C=C(\C3CCCCC3)C3CCC(C4CCC(N(C5CCC(C)CC5)C5CCC(C)CC5)CC4)CC3)CC2)CC1. The molecule has 0 N–H and O–H groups in total. The molecule has 0 aromatic heterocycles. The third kappa shape index (κ3) is 10.7. The molecule has 0 saturated heterocycles. The highest BCUT2D eigenvalue weighted by Gasteiger charge is 2.41. The van der Waals surface area contributed by atoms with Gasteiger partial charge in [-0.25, -0.2) is 0 Å². The molecule has 0 unspecified atom stereocenters. The van der Waals surface area contributed by atoms with Gasteiger partial charge in [-0.2, -0.15) is 0 Å². The summed E-state index contributed by atoms with van der Waals surface area (Å²) in [5.41, 5.74) is 2.02. The first-order valence-electron chi connectivity index (χ1n) is 26.6. The predicted molar refractivity (Wildman–Crippen MR) is 241 cm³/mol. The Balaban J connectivity index is 0.862. The fraction of sp³-hybridized carbons (Fsp3) is 0.963. The maximum atomic E-state index is 3.23. The Kier molecular flexibility index (Phi) is 15.5. The van der Waals surface area contributed by atoms with Crippen molar-refractivity contribution in [1.29, 1.82) is 0 Å². The molecule has 2 heteroatoms. The first kappa shape index (κ1) is 42.4. The largest absolute Gasteiger partial charge is 0.294 e. The van der Waals surface area contributed by atoms with Gasteiger partial charge in [0.1, 0.15) is 0 Å². The average molecular weight is 771 g/mol. The first-order valence-corrected chi connectivity index (χ1v) is 26.6. The number of allylic oxidation sites excluding steroid dienone is 2. The zero-order valence-corrected chi connectivity index (χ0v) is 38.0. The van der Waals surface area contributed by atoms with Gasteiger partial charge < -0.3 is 0 Å². The molecule has 0 heterocycles. The second kappa shape index (κ2) is 20.5. The molecule has 0 aromatic carbocycles. The van der Waals surface area contributed by atoms with Gasteiger partial charge >= 0.3 is 0 Å². The second-order valence-corrected chi connectivity index (χ2v) is 23.3. The van der Waals surface area contributed by atoms with Crippen LogP contribution in [-0.2, 0) is 0 Å². The van der Waals surface area contributed by atoms with Crippen LogP contribution in [0.15, 0.2) is 11.6 Å². The van der Waals surface area contributed by atoms with E-state index in [4.69, 9.17) is 0 Å². The summed E-state index contributed by atoms with van der Waals surface area (Å²) in [5.74, 6) is 8.66. The second-order valence-electron chi connectivity index (χ2n) is 23.3. The van der Waals surface area contributed by atoms with E-state index in [1.54, 1.807) is 25.7 Å². The van der Waals surface area contributed by atoms with Crippen molar-refractivity contribution in [2.45, 2.75) is 276 Å². The van der Waals surface area contributed by atoms with Crippen molar-refractivity contribution in [2.24, 2.45) is 53.3 Å². The number of hydrogen-bond acceptors (Lipinski definition) is 2. The van der Waals surface area contributed by atoms with Crippen LogP contribution in [0.4, 0.5) is 0 Å². The zero-order chi connectivity index (χ0) is 38.4. The summed E-state index contributed by atoms with van der Waals surface area (Å²) < 4.78 is 0. The minimum Gasteiger partial charge on any atom is -0.294 e. The molecule has 8 fully saturated rings. The van der Waals surface area contributed by atoms with Crippen molar-refractivity contribution in [3.63, 3.8) is 0 Å². The Morgan fingerprint density at radius 3 is 0.946 bits per heavy atom. The lowest BCUT2D eigenvalue weighted by Crippen LogP contribution is -2.52. The van der Waals surface area contributed by atoms with E-state index in [0.29, 0.717) is 0 Å². The van der Waals surface area contributed by atoms with Crippen LogP contribution in [0.25, 0.3) is 0 Å². The lowest BCUT2D eigenvalue weighted by Gasteiger charge is -2.50. The Labute approximate surface area is 349 Å². The van der Waals surface area contributed by atoms with E-state index in [0.717, 1.165) is 89.5 Å². The molecule has 8 saturated carbocycles. The summed E-state index contributed by atoms with van der Waals surface area (Å²) in [6, 6.07) is 5.38. The van der Waals surface area contributed by atoms with Crippen LogP contribution in [0.3, 0.4) is 0 Å². The summed E-state index contributed by atoms with van der Waals surface area (Å²) in [4.78, 5) is 6.45. The molecule has 0 spiro atoms. The minimum atomic E-state index is 0.874. The van der Waals surface area contributed by atoms with Crippen LogP contribution in [-0.4, -0.2) is 46.1 Å². The van der Waals surface area contributed by atoms with E-state index >= 15 is 0 Å². The van der Waals surface area contributed by atoms with Crippen molar-refractivity contribution in [2.75, 3.05) is 0 Å². The molecule has 2 nitrogen and oxygen atoms in total. The van der Waals surface area contributed by atoms with Gasteiger partial charge in [0.25, 0.3) is 0 Å². The molecule has 0 radical (unpaired) electrons. The summed E-state index contributed by atoms with van der Waals surface area (Å²) in [6.45, 7) is 10.1. The van der Waals surface area contributed by atoms with Gasteiger partial charge in [-0.15, -0.1) is 0 Å². The fourth-order valence-electron chi connectivity index (χ4n) is 15.6. The normalized spacial score (nSPS) is 44.2. The Morgan fingerprint density at radius 2 is 0.589 bits per heavy atom. The van der Waals surface area contributed by atoms with Crippen LogP contribution >= 0.6 is 0 Å². The van der Waals surface area contributed by atoms with Crippen molar-refractivity contribution >= 4 is 0 Å². The molecule has 0 bridgehead atoms. The smallest absolute Gasteiger partial charge is 0.0102 e. The van der Waals surface area contributed by atoms with Gasteiger partial charge in [0.2, 0.25) is 0 Å². The summed E-state index contributed by atoms with van der Waals surface area (Å²) >= 11 is 0. The molecule has 0 aliphatic heterocycles. The zero-order valence-electron chi connectivity index (χ0n) is 38.0. The summed E-state index contributed by atoms with van der Waals surface area (Å²) in [7, 11) is 0. The standard InChI is InChI=1S/C54H94N2/c1-39-10-26-48(27-11-39)55(49-28-12-40(2)13-29-49)52-34-18-43(19-35-52)38-54(46-8-6-5-7-9-46)47-22-20-44(21-23-47)45-24-36-53(37-25-45)56(50-30-14-41(3)15-31-50)51-32-16-42(4)17-33-51/h38-53H,5-37H2,1-4H3/b54-38+. The highest BCUT2D eigenvalue weighted by atomic mass is 15.2. The Morgan fingerprint density at radius 1 is 0.304 bits per heavy atom. The maximum absolute atomic E-state index is 3.23. The summed E-state index contributed by atoms with van der Waals surface area (Å²) in [5, 5.41) is 0. The van der Waals surface area contributed by atoms with Crippen molar-refractivity contribution in [3.8, 4) is 0 Å². The molecule has 0 atom stereocenters. The molecule has 0 aromatic rings. The van der Waals surface area contributed by atoms with Crippen LogP contribution < -0.4 is 0 Å². The molecule has 8 aliphatic rings. The van der Waals surface area contributed by atoms with Gasteiger partial charge in [0.15, 0.2) is 0 Å². The van der Waals surface area contributed by atoms with Gasteiger partial charge in [0.05, 0.1) is 0 Å². The van der Waals surface area contributed by atoms with E-state index in [9.17, 15) is 0 Å². The number of rotatable bonds is 10. The van der Waals surface area contributed by atoms with Gasteiger partial charge in [-0.1, -0.05) is 58.6 Å². The van der Waals surface area contributed by atoms with Crippen molar-refractivity contribution in [1.82, 2.24) is 9.80 Å². The third-order valence-corrected chi connectivity index (χ3v) is 19.4. The van der Waals surface area contributed by atoms with E-state index in [2.05, 4.69) is 43.6 Å². The Hall–Kier alpha value is -0.340. The van der Waals surface area contributed by atoms with E-state index in [1.807, 2.05) is 5.57 Å². The first-order chi connectivity index (χ1) is 27.4. The number of hydrogen-bond donors (Lipinski definition) is 0. The monoisotopic (exact) mass is 771 g/mol. The van der Waals surface area contributed by atoms with Crippen LogP contribution in [0.2, 0.25) is 0 Å². The highest BCUT2D eigenvalue weighted by molar-refractivity contribution is 5.15. The van der Waals surface area contributed by atoms with Crippen LogP contribution in [0, 0.1) is 53.3 Å². The van der Waals surface area contributed by atoms with E-state index < -0.39 is 0 Å². The van der Waals surface area contributed by atoms with E-state index in [-0.39, 0.29) is 0 Å². The van der Waals surface area contributed by atoms with Gasteiger partial charge in [-0.3, -0.25) is 9.80 Å². The average Bonchev–Trinajstić information content (AvgIpc) is 3.24. The number of nitrogens with zero attached hydrogens (tertiary/aromatic N) is 2. The lowest BCUT2D eigenvalue weighted by atomic mass is 9.66. The molecular formula is C54H94N2. The van der Waals surface area contributed by atoms with Crippen molar-refractivity contribution < 1.29 is 0 Å². The molecule has 8 aliphatic carbocycles. The van der Waals surface area contributed by atoms with Gasteiger partial charge in [-0.05, 0) is 246 Å². The highest BCUT2D eigenvalue weighted by Crippen LogP contribution is 2.48. The molecule has 320 valence electrons. The summed E-state index contributed by atoms with van der Waals surface area (Å²) in [6.07, 6.45) is 52.6. The third-order valence-electron chi connectivity index (χ3n) is 19.4. The predicted octanol–water partition coefficient (Wildman–Crippen LogP) is 15.3.